The zero-order valence-electron chi connectivity index (χ0n) is 11.9. The van der Waals surface area contributed by atoms with Crippen molar-refractivity contribution >= 4 is 17.1 Å². The van der Waals surface area contributed by atoms with Gasteiger partial charge < -0.3 is 15.0 Å². The van der Waals surface area contributed by atoms with Crippen LogP contribution in [0.5, 0.6) is 0 Å². The minimum atomic E-state index is -0.282. The average Bonchev–Trinajstić information content (AvgIpc) is 2.76. The predicted octanol–water partition coefficient (Wildman–Crippen LogP) is 1.45. The number of ether oxygens (including phenoxy) is 1. The van der Waals surface area contributed by atoms with Crippen LogP contribution in [0.25, 0.3) is 11.2 Å². The van der Waals surface area contributed by atoms with Crippen LogP contribution in [0.4, 0.5) is 0 Å². The summed E-state index contributed by atoms with van der Waals surface area (Å²) in [6, 6.07) is 3.95. The van der Waals surface area contributed by atoms with Crippen LogP contribution in [0.2, 0.25) is 0 Å². The van der Waals surface area contributed by atoms with Crippen molar-refractivity contribution in [2.75, 3.05) is 13.7 Å². The number of hydrogen-bond donors (Lipinski definition) is 1. The van der Waals surface area contributed by atoms with E-state index in [1.165, 1.54) is 0 Å². The molecule has 0 aliphatic carbocycles. The number of carbonyl (C=O) groups excluding carboxylic acids is 1. The molecule has 2 aromatic heterocycles. The normalized spacial score (nSPS) is 12.7. The summed E-state index contributed by atoms with van der Waals surface area (Å²) >= 11 is 0. The van der Waals surface area contributed by atoms with Gasteiger partial charge in [0, 0.05) is 26.1 Å². The molecule has 0 saturated heterocycles. The quantitative estimate of drug-likeness (QED) is 0.829. The largest absolute Gasteiger partial charge is 0.383 e. The van der Waals surface area contributed by atoms with Crippen LogP contribution in [-0.4, -0.2) is 34.2 Å². The second-order valence-corrected chi connectivity index (χ2v) is 4.87. The molecule has 6 heteroatoms. The van der Waals surface area contributed by atoms with Crippen LogP contribution in [0.3, 0.4) is 0 Å². The summed E-state index contributed by atoms with van der Waals surface area (Å²) in [4.78, 5) is 19.9. The van der Waals surface area contributed by atoms with E-state index < -0.39 is 0 Å². The maximum Gasteiger partial charge on any atom is 0.217 e. The number of methoxy groups -OCH3 is 1. The van der Waals surface area contributed by atoms with Crippen LogP contribution >= 0.6 is 0 Å². The molecule has 2 heterocycles. The first-order valence-corrected chi connectivity index (χ1v) is 6.72. The van der Waals surface area contributed by atoms with Gasteiger partial charge in [0.15, 0.2) is 5.65 Å². The third-order valence-corrected chi connectivity index (χ3v) is 3.19. The van der Waals surface area contributed by atoms with Crippen molar-refractivity contribution in [3.8, 4) is 0 Å². The summed E-state index contributed by atoms with van der Waals surface area (Å²) in [5, 5.41) is 0. The molecule has 0 aliphatic rings. The third-order valence-electron chi connectivity index (χ3n) is 3.19. The van der Waals surface area contributed by atoms with E-state index in [0.29, 0.717) is 25.9 Å². The Morgan fingerprint density at radius 3 is 3.05 bits per heavy atom. The van der Waals surface area contributed by atoms with Crippen LogP contribution in [0.1, 0.15) is 31.6 Å². The highest BCUT2D eigenvalue weighted by atomic mass is 16.5. The Morgan fingerprint density at radius 2 is 2.35 bits per heavy atom. The first kappa shape index (κ1) is 14.5. The molecule has 1 unspecified atom stereocenters. The van der Waals surface area contributed by atoms with Crippen molar-refractivity contribution in [3.63, 3.8) is 0 Å². The number of amides is 1. The van der Waals surface area contributed by atoms with Gasteiger partial charge in [-0.3, -0.25) is 4.79 Å². The van der Waals surface area contributed by atoms with E-state index in [1.54, 1.807) is 13.3 Å². The van der Waals surface area contributed by atoms with Crippen molar-refractivity contribution < 1.29 is 9.53 Å². The first-order chi connectivity index (χ1) is 9.63. The molecule has 1 atom stereocenters. The minimum absolute atomic E-state index is 0.142. The summed E-state index contributed by atoms with van der Waals surface area (Å²) in [7, 11) is 1.68. The number of rotatable bonds is 7. The van der Waals surface area contributed by atoms with Crippen LogP contribution in [0, 0.1) is 0 Å². The highest BCUT2D eigenvalue weighted by molar-refractivity contribution is 5.73. The fourth-order valence-electron chi connectivity index (χ4n) is 2.35. The van der Waals surface area contributed by atoms with Gasteiger partial charge in [-0.05, 0) is 25.5 Å². The molecule has 108 valence electrons. The first-order valence-electron chi connectivity index (χ1n) is 6.72. The van der Waals surface area contributed by atoms with E-state index in [1.807, 2.05) is 12.1 Å². The molecule has 0 bridgehead atoms. The van der Waals surface area contributed by atoms with Gasteiger partial charge in [-0.1, -0.05) is 0 Å². The number of fused-ring (bicyclic) bond motifs is 1. The Balaban J connectivity index is 2.31. The SMILES string of the molecule is COCC(C)n1c(CCCC(N)=O)nc2cccnc21. The molecule has 1 amide bonds. The van der Waals surface area contributed by atoms with Crippen LogP contribution in [-0.2, 0) is 16.0 Å². The van der Waals surface area contributed by atoms with Crippen molar-refractivity contribution in [2.24, 2.45) is 5.73 Å². The fourth-order valence-corrected chi connectivity index (χ4v) is 2.35. The number of aromatic nitrogens is 3. The minimum Gasteiger partial charge on any atom is -0.383 e. The van der Waals surface area contributed by atoms with Gasteiger partial charge in [-0.2, -0.15) is 0 Å². The molecule has 0 fully saturated rings. The molecule has 6 nitrogen and oxygen atoms in total. The Labute approximate surface area is 118 Å². The number of nitrogens with two attached hydrogens (primary N) is 1. The van der Waals surface area contributed by atoms with Crippen molar-refractivity contribution in [1.29, 1.82) is 0 Å². The zero-order chi connectivity index (χ0) is 14.5. The number of primary amides is 1. The zero-order valence-corrected chi connectivity index (χ0v) is 11.9. The van der Waals surface area contributed by atoms with Gasteiger partial charge >= 0.3 is 0 Å². The topological polar surface area (TPSA) is 83.0 Å². The molecule has 0 saturated carbocycles. The van der Waals surface area contributed by atoms with Crippen molar-refractivity contribution in [2.45, 2.75) is 32.2 Å². The molecular formula is C14H20N4O2. The second-order valence-electron chi connectivity index (χ2n) is 4.87. The van der Waals surface area contributed by atoms with E-state index in [-0.39, 0.29) is 11.9 Å². The summed E-state index contributed by atoms with van der Waals surface area (Å²) in [5.74, 6) is 0.639. The van der Waals surface area contributed by atoms with Crippen molar-refractivity contribution in [1.82, 2.24) is 14.5 Å². The van der Waals surface area contributed by atoms with Gasteiger partial charge in [-0.15, -0.1) is 0 Å². The highest BCUT2D eigenvalue weighted by Gasteiger charge is 2.16. The second kappa shape index (κ2) is 6.47. The lowest BCUT2D eigenvalue weighted by Gasteiger charge is -2.16. The molecule has 0 radical (unpaired) electrons. The molecular weight excluding hydrogens is 256 g/mol. The van der Waals surface area contributed by atoms with E-state index in [0.717, 1.165) is 17.0 Å². The summed E-state index contributed by atoms with van der Waals surface area (Å²) in [5.41, 5.74) is 6.90. The van der Waals surface area contributed by atoms with Crippen LogP contribution < -0.4 is 5.73 Å². The van der Waals surface area contributed by atoms with E-state index in [9.17, 15) is 4.79 Å². The third kappa shape index (κ3) is 3.14. The number of hydrogen-bond acceptors (Lipinski definition) is 4. The fraction of sp³-hybridized carbons (Fsp3) is 0.500. The van der Waals surface area contributed by atoms with Crippen molar-refractivity contribution in [3.05, 3.63) is 24.2 Å². The monoisotopic (exact) mass is 276 g/mol. The van der Waals surface area contributed by atoms with Gasteiger partial charge in [-0.25, -0.2) is 9.97 Å². The molecule has 0 aromatic carbocycles. The predicted molar refractivity (Wildman–Crippen MR) is 76.2 cm³/mol. The smallest absolute Gasteiger partial charge is 0.217 e. The number of nitrogens with zero attached hydrogens (tertiary/aromatic N) is 3. The molecule has 2 rings (SSSR count). The molecule has 2 N–H and O–H groups in total. The van der Waals surface area contributed by atoms with E-state index >= 15 is 0 Å². The molecule has 0 spiro atoms. The number of pyridine rings is 1. The maximum atomic E-state index is 10.8. The lowest BCUT2D eigenvalue weighted by Crippen LogP contribution is -2.16. The van der Waals surface area contributed by atoms with Crippen LogP contribution in [0.15, 0.2) is 18.3 Å². The summed E-state index contributed by atoms with van der Waals surface area (Å²) in [6.07, 6.45) is 3.52. The molecule has 20 heavy (non-hydrogen) atoms. The Hall–Kier alpha value is -1.95. The Kier molecular flexibility index (Phi) is 4.68. The highest BCUT2D eigenvalue weighted by Crippen LogP contribution is 2.20. The average molecular weight is 276 g/mol. The molecule has 0 aliphatic heterocycles. The standard InChI is InChI=1S/C14H20N4O2/c1-10(9-20-2)18-13(7-3-6-12(15)19)17-11-5-4-8-16-14(11)18/h4-5,8,10H,3,6-7,9H2,1-2H3,(H2,15,19). The number of imidazole rings is 1. The van der Waals surface area contributed by atoms with Gasteiger partial charge in [0.2, 0.25) is 5.91 Å². The van der Waals surface area contributed by atoms with Gasteiger partial charge in [0.25, 0.3) is 0 Å². The number of aryl methyl sites for hydroxylation is 1. The summed E-state index contributed by atoms with van der Waals surface area (Å²) in [6.45, 7) is 2.65. The Bertz CT molecular complexity index is 594. The molecule has 2 aromatic rings. The van der Waals surface area contributed by atoms with Gasteiger partial charge in [0.1, 0.15) is 11.3 Å². The van der Waals surface area contributed by atoms with E-state index in [4.69, 9.17) is 10.5 Å². The Morgan fingerprint density at radius 1 is 1.55 bits per heavy atom. The summed E-state index contributed by atoms with van der Waals surface area (Å²) < 4.78 is 7.31. The van der Waals surface area contributed by atoms with E-state index in [2.05, 4.69) is 21.5 Å². The maximum absolute atomic E-state index is 10.8. The van der Waals surface area contributed by atoms with Gasteiger partial charge in [0.05, 0.1) is 12.6 Å². The lowest BCUT2D eigenvalue weighted by atomic mass is 10.2. The lowest BCUT2D eigenvalue weighted by molar-refractivity contribution is -0.118. The number of carbonyl (C=O) groups is 1.